The monoisotopic (exact) mass is 286 g/mol. The number of aldehydes is 1. The maximum atomic E-state index is 11.3. The molecule has 4 heteroatoms. The molecule has 0 amide bonds. The van der Waals surface area contributed by atoms with E-state index in [0.29, 0.717) is 11.5 Å². The fourth-order valence-electron chi connectivity index (χ4n) is 2.46. The molecule has 0 bridgehead atoms. The molecule has 2 aromatic rings. The van der Waals surface area contributed by atoms with Crippen molar-refractivity contribution in [2.24, 2.45) is 5.92 Å². The number of ether oxygens (including phenoxy) is 1. The smallest absolute Gasteiger partial charge is 0.153 e. The van der Waals surface area contributed by atoms with Crippen molar-refractivity contribution < 1.29 is 9.53 Å². The number of benzene rings is 1. The molecule has 21 heavy (non-hydrogen) atoms. The van der Waals surface area contributed by atoms with Crippen LogP contribution < -0.4 is 4.74 Å². The third-order valence-corrected chi connectivity index (χ3v) is 3.47. The van der Waals surface area contributed by atoms with Crippen LogP contribution in [0.4, 0.5) is 0 Å². The number of hydrogen-bond acceptors (Lipinski definition) is 3. The van der Waals surface area contributed by atoms with Crippen LogP contribution in [0.15, 0.2) is 18.3 Å². The highest BCUT2D eigenvalue weighted by atomic mass is 16.5. The van der Waals surface area contributed by atoms with E-state index in [2.05, 4.69) is 18.9 Å². The van der Waals surface area contributed by atoms with Crippen LogP contribution in [0.25, 0.3) is 11.3 Å². The Morgan fingerprint density at radius 1 is 1.29 bits per heavy atom. The Morgan fingerprint density at radius 2 is 2.00 bits per heavy atom. The summed E-state index contributed by atoms with van der Waals surface area (Å²) in [6, 6.07) is 4.02. The standard InChI is InChI=1S/C17H22N2O2/c1-11(2)8-19-9-14(10-20)17(18-19)15-6-13(4)16(21-5)7-12(15)3/h6-7,9-11H,8H2,1-5H3. The van der Waals surface area contributed by atoms with E-state index < -0.39 is 0 Å². The van der Waals surface area contributed by atoms with Gasteiger partial charge in [0.2, 0.25) is 0 Å². The van der Waals surface area contributed by atoms with E-state index in [0.717, 1.165) is 41.0 Å². The third kappa shape index (κ3) is 3.15. The molecule has 0 aliphatic carbocycles. The van der Waals surface area contributed by atoms with Gasteiger partial charge >= 0.3 is 0 Å². The molecule has 0 N–H and O–H groups in total. The van der Waals surface area contributed by atoms with Gasteiger partial charge < -0.3 is 4.74 Å². The highest BCUT2D eigenvalue weighted by molar-refractivity contribution is 5.86. The highest BCUT2D eigenvalue weighted by Gasteiger charge is 2.15. The maximum Gasteiger partial charge on any atom is 0.153 e. The van der Waals surface area contributed by atoms with Crippen molar-refractivity contribution in [3.05, 3.63) is 35.0 Å². The molecule has 2 rings (SSSR count). The van der Waals surface area contributed by atoms with E-state index in [1.54, 1.807) is 7.11 Å². The van der Waals surface area contributed by atoms with Gasteiger partial charge in [-0.1, -0.05) is 13.8 Å². The van der Waals surface area contributed by atoms with Crippen LogP contribution in [0.1, 0.15) is 35.3 Å². The molecule has 0 fully saturated rings. The van der Waals surface area contributed by atoms with Crippen molar-refractivity contribution in [3.63, 3.8) is 0 Å². The van der Waals surface area contributed by atoms with Gasteiger partial charge in [0.05, 0.1) is 12.7 Å². The molecule has 0 radical (unpaired) electrons. The summed E-state index contributed by atoms with van der Waals surface area (Å²) < 4.78 is 7.19. The number of hydrogen-bond donors (Lipinski definition) is 0. The lowest BCUT2D eigenvalue weighted by Gasteiger charge is -2.10. The normalized spacial score (nSPS) is 11.0. The molecule has 112 valence electrons. The van der Waals surface area contributed by atoms with E-state index in [1.165, 1.54) is 0 Å². The largest absolute Gasteiger partial charge is 0.496 e. The SMILES string of the molecule is COc1cc(C)c(-c2nn(CC(C)C)cc2C=O)cc1C. The summed E-state index contributed by atoms with van der Waals surface area (Å²) >= 11 is 0. The molecule has 0 atom stereocenters. The van der Waals surface area contributed by atoms with Crippen molar-refractivity contribution in [1.82, 2.24) is 9.78 Å². The molecule has 0 unspecified atom stereocenters. The van der Waals surface area contributed by atoms with Crippen LogP contribution in [0.2, 0.25) is 0 Å². The minimum atomic E-state index is 0.482. The van der Waals surface area contributed by atoms with E-state index in [-0.39, 0.29) is 0 Å². The summed E-state index contributed by atoms with van der Waals surface area (Å²) in [5, 5.41) is 4.59. The van der Waals surface area contributed by atoms with Crippen molar-refractivity contribution in [2.75, 3.05) is 7.11 Å². The van der Waals surface area contributed by atoms with Crippen molar-refractivity contribution in [2.45, 2.75) is 34.2 Å². The first-order valence-electron chi connectivity index (χ1n) is 7.14. The topological polar surface area (TPSA) is 44.1 Å². The van der Waals surface area contributed by atoms with Crippen LogP contribution in [-0.4, -0.2) is 23.2 Å². The molecule has 4 nitrogen and oxygen atoms in total. The van der Waals surface area contributed by atoms with Gasteiger partial charge in [-0.25, -0.2) is 0 Å². The average Bonchev–Trinajstić information content (AvgIpc) is 2.82. The molecule has 1 heterocycles. The second-order valence-corrected chi connectivity index (χ2v) is 5.80. The number of rotatable bonds is 5. The third-order valence-electron chi connectivity index (χ3n) is 3.47. The number of nitrogens with zero attached hydrogens (tertiary/aromatic N) is 2. The Kier molecular flexibility index (Phi) is 4.46. The molecule has 1 aromatic heterocycles. The van der Waals surface area contributed by atoms with Gasteiger partial charge in [-0.05, 0) is 43.0 Å². The fourth-order valence-corrected chi connectivity index (χ4v) is 2.46. The van der Waals surface area contributed by atoms with E-state index >= 15 is 0 Å². The minimum absolute atomic E-state index is 0.482. The minimum Gasteiger partial charge on any atom is -0.496 e. The second-order valence-electron chi connectivity index (χ2n) is 5.80. The van der Waals surface area contributed by atoms with Crippen LogP contribution >= 0.6 is 0 Å². The molecule has 0 aliphatic rings. The van der Waals surface area contributed by atoms with E-state index in [4.69, 9.17) is 4.74 Å². The summed E-state index contributed by atoms with van der Waals surface area (Å²) in [6.07, 6.45) is 2.69. The van der Waals surface area contributed by atoms with Crippen LogP contribution in [0, 0.1) is 19.8 Å². The zero-order valence-corrected chi connectivity index (χ0v) is 13.3. The Bertz CT molecular complexity index is 657. The van der Waals surface area contributed by atoms with E-state index in [1.807, 2.05) is 36.9 Å². The summed E-state index contributed by atoms with van der Waals surface area (Å²) in [7, 11) is 1.66. The number of aromatic nitrogens is 2. The van der Waals surface area contributed by atoms with Gasteiger partial charge in [0.1, 0.15) is 11.4 Å². The van der Waals surface area contributed by atoms with Crippen LogP contribution in [-0.2, 0) is 6.54 Å². The van der Waals surface area contributed by atoms with Gasteiger partial charge in [0, 0.05) is 18.3 Å². The quantitative estimate of drug-likeness (QED) is 0.788. The first-order valence-corrected chi connectivity index (χ1v) is 7.14. The highest BCUT2D eigenvalue weighted by Crippen LogP contribution is 2.30. The summed E-state index contributed by atoms with van der Waals surface area (Å²) in [4.78, 5) is 11.3. The van der Waals surface area contributed by atoms with E-state index in [9.17, 15) is 4.79 Å². The second kappa shape index (κ2) is 6.12. The van der Waals surface area contributed by atoms with Gasteiger partial charge in [0.15, 0.2) is 6.29 Å². The number of carbonyl (C=O) groups is 1. The Balaban J connectivity index is 2.53. The first-order chi connectivity index (χ1) is 9.96. The molecular weight excluding hydrogens is 264 g/mol. The Morgan fingerprint density at radius 3 is 2.57 bits per heavy atom. The number of carbonyl (C=O) groups excluding carboxylic acids is 1. The van der Waals surface area contributed by atoms with Crippen LogP contribution in [0.3, 0.4) is 0 Å². The molecule has 0 spiro atoms. The van der Waals surface area contributed by atoms with Gasteiger partial charge in [-0.2, -0.15) is 5.10 Å². The van der Waals surface area contributed by atoms with Gasteiger partial charge in [0.25, 0.3) is 0 Å². The zero-order valence-electron chi connectivity index (χ0n) is 13.3. The van der Waals surface area contributed by atoms with Gasteiger partial charge in [-0.3, -0.25) is 9.48 Å². The Labute approximate surface area is 125 Å². The fraction of sp³-hybridized carbons (Fsp3) is 0.412. The molecule has 1 aromatic carbocycles. The molecule has 0 saturated carbocycles. The van der Waals surface area contributed by atoms with Crippen molar-refractivity contribution in [3.8, 4) is 17.0 Å². The predicted octanol–water partition coefficient (Wildman–Crippen LogP) is 3.64. The lowest BCUT2D eigenvalue weighted by atomic mass is 10.00. The molecule has 0 aliphatic heterocycles. The first kappa shape index (κ1) is 15.3. The van der Waals surface area contributed by atoms with Crippen LogP contribution in [0.5, 0.6) is 5.75 Å². The van der Waals surface area contributed by atoms with Crippen molar-refractivity contribution in [1.29, 1.82) is 0 Å². The Hall–Kier alpha value is -2.10. The molecular formula is C17H22N2O2. The molecule has 0 saturated heterocycles. The zero-order chi connectivity index (χ0) is 15.6. The lowest BCUT2D eigenvalue weighted by molar-refractivity contribution is 0.112. The van der Waals surface area contributed by atoms with Gasteiger partial charge in [-0.15, -0.1) is 0 Å². The summed E-state index contributed by atoms with van der Waals surface area (Å²) in [5.41, 5.74) is 4.44. The van der Waals surface area contributed by atoms with Crippen molar-refractivity contribution >= 4 is 6.29 Å². The predicted molar refractivity (Wildman–Crippen MR) is 83.9 cm³/mol. The summed E-state index contributed by atoms with van der Waals surface area (Å²) in [6.45, 7) is 9.06. The maximum absolute atomic E-state index is 11.3. The number of aryl methyl sites for hydroxylation is 2. The summed E-state index contributed by atoms with van der Waals surface area (Å²) in [5.74, 6) is 1.33. The number of methoxy groups -OCH3 is 1. The average molecular weight is 286 g/mol. The lowest BCUT2D eigenvalue weighted by Crippen LogP contribution is -2.04.